The van der Waals surface area contributed by atoms with Crippen LogP contribution in [0.5, 0.6) is 0 Å². The predicted octanol–water partition coefficient (Wildman–Crippen LogP) is 1.10. The van der Waals surface area contributed by atoms with Crippen LogP contribution in [0.25, 0.3) is 0 Å². The van der Waals surface area contributed by atoms with Gasteiger partial charge in [-0.3, -0.25) is 4.98 Å². The van der Waals surface area contributed by atoms with Crippen LogP contribution in [0.4, 0.5) is 0 Å². The van der Waals surface area contributed by atoms with Crippen molar-refractivity contribution in [2.24, 2.45) is 0 Å². The maximum absolute atomic E-state index is 11.3. The third kappa shape index (κ3) is 2.09. The minimum Gasteiger partial charge on any atom is -0.465 e. The Hall–Kier alpha value is -1.42. The fourth-order valence-electron chi connectivity index (χ4n) is 1.17. The van der Waals surface area contributed by atoms with E-state index in [1.807, 2.05) is 0 Å². The second kappa shape index (κ2) is 3.75. The molecule has 1 aromatic rings. The van der Waals surface area contributed by atoms with Crippen LogP contribution in [-0.4, -0.2) is 23.2 Å². The Morgan fingerprint density at radius 2 is 2.21 bits per heavy atom. The lowest BCUT2D eigenvalue weighted by atomic mass is 9.95. The molecule has 4 nitrogen and oxygen atoms in total. The first-order chi connectivity index (χ1) is 6.46. The standard InChI is InChI=1S/C10H13NO3/c1-10(2,13)8-6-11-5-4-7(8)9(12)14-3/h4-6,13H,1-3H3. The third-order valence-electron chi connectivity index (χ3n) is 1.89. The molecular weight excluding hydrogens is 182 g/mol. The molecule has 0 unspecified atom stereocenters. The molecule has 0 aliphatic rings. The topological polar surface area (TPSA) is 59.4 Å². The second-order valence-electron chi connectivity index (χ2n) is 3.47. The quantitative estimate of drug-likeness (QED) is 0.718. The molecule has 0 aromatic carbocycles. The van der Waals surface area contributed by atoms with Crippen LogP contribution >= 0.6 is 0 Å². The molecule has 14 heavy (non-hydrogen) atoms. The molecule has 1 rings (SSSR count). The number of carbonyl (C=O) groups is 1. The van der Waals surface area contributed by atoms with Crippen molar-refractivity contribution in [1.29, 1.82) is 0 Å². The monoisotopic (exact) mass is 195 g/mol. The minimum absolute atomic E-state index is 0.343. The van der Waals surface area contributed by atoms with Gasteiger partial charge >= 0.3 is 5.97 Å². The molecule has 0 aliphatic carbocycles. The van der Waals surface area contributed by atoms with Crippen LogP contribution in [0, 0.1) is 0 Å². The highest BCUT2D eigenvalue weighted by Gasteiger charge is 2.23. The van der Waals surface area contributed by atoms with Crippen LogP contribution in [0.15, 0.2) is 18.5 Å². The molecule has 0 bridgehead atoms. The van der Waals surface area contributed by atoms with Crippen molar-refractivity contribution < 1.29 is 14.6 Å². The van der Waals surface area contributed by atoms with Crippen LogP contribution in [0.1, 0.15) is 29.8 Å². The normalized spacial score (nSPS) is 11.1. The van der Waals surface area contributed by atoms with Crippen LogP contribution in [0.2, 0.25) is 0 Å². The Kier molecular flexibility index (Phi) is 2.86. The van der Waals surface area contributed by atoms with Crippen LogP contribution in [-0.2, 0) is 10.3 Å². The summed E-state index contributed by atoms with van der Waals surface area (Å²) in [7, 11) is 1.30. The van der Waals surface area contributed by atoms with Gasteiger partial charge in [0.05, 0.1) is 18.3 Å². The number of pyridine rings is 1. The molecule has 0 amide bonds. The van der Waals surface area contributed by atoms with Gasteiger partial charge in [0.1, 0.15) is 0 Å². The van der Waals surface area contributed by atoms with E-state index in [0.29, 0.717) is 11.1 Å². The zero-order chi connectivity index (χ0) is 10.8. The van der Waals surface area contributed by atoms with Crippen LogP contribution < -0.4 is 0 Å². The largest absolute Gasteiger partial charge is 0.465 e. The molecule has 0 aliphatic heterocycles. The lowest BCUT2D eigenvalue weighted by Crippen LogP contribution is -2.20. The van der Waals surface area contributed by atoms with E-state index in [9.17, 15) is 9.90 Å². The molecule has 0 spiro atoms. The van der Waals surface area contributed by atoms with E-state index in [2.05, 4.69) is 9.72 Å². The van der Waals surface area contributed by atoms with Crippen molar-refractivity contribution >= 4 is 5.97 Å². The SMILES string of the molecule is COC(=O)c1ccncc1C(C)(C)O. The number of aliphatic hydroxyl groups is 1. The summed E-state index contributed by atoms with van der Waals surface area (Å²) in [5.41, 5.74) is -0.292. The van der Waals surface area contributed by atoms with Crippen molar-refractivity contribution in [2.45, 2.75) is 19.4 Å². The third-order valence-corrected chi connectivity index (χ3v) is 1.89. The summed E-state index contributed by atoms with van der Waals surface area (Å²) in [6, 6.07) is 1.53. The zero-order valence-corrected chi connectivity index (χ0v) is 8.44. The number of hydrogen-bond donors (Lipinski definition) is 1. The first kappa shape index (κ1) is 10.7. The summed E-state index contributed by atoms with van der Waals surface area (Å²) in [5, 5.41) is 9.77. The lowest BCUT2D eigenvalue weighted by molar-refractivity contribution is 0.0553. The smallest absolute Gasteiger partial charge is 0.338 e. The Balaban J connectivity index is 3.23. The summed E-state index contributed by atoms with van der Waals surface area (Å²) in [5.74, 6) is -0.468. The van der Waals surface area contributed by atoms with Gasteiger partial charge in [0.15, 0.2) is 0 Å². The van der Waals surface area contributed by atoms with Crippen molar-refractivity contribution in [3.63, 3.8) is 0 Å². The van der Waals surface area contributed by atoms with E-state index >= 15 is 0 Å². The van der Waals surface area contributed by atoms with E-state index in [1.54, 1.807) is 13.8 Å². The average Bonchev–Trinajstić information content (AvgIpc) is 2.15. The molecule has 1 aromatic heterocycles. The predicted molar refractivity (Wildman–Crippen MR) is 50.8 cm³/mol. The maximum Gasteiger partial charge on any atom is 0.338 e. The van der Waals surface area contributed by atoms with Gasteiger partial charge in [-0.2, -0.15) is 0 Å². The summed E-state index contributed by atoms with van der Waals surface area (Å²) in [6.07, 6.45) is 2.95. The fourth-order valence-corrected chi connectivity index (χ4v) is 1.17. The molecule has 0 radical (unpaired) electrons. The minimum atomic E-state index is -1.10. The Morgan fingerprint density at radius 1 is 1.57 bits per heavy atom. The number of esters is 1. The van der Waals surface area contributed by atoms with Gasteiger partial charge in [0.2, 0.25) is 0 Å². The fraction of sp³-hybridized carbons (Fsp3) is 0.400. The van der Waals surface area contributed by atoms with Gasteiger partial charge in [0.25, 0.3) is 0 Å². The van der Waals surface area contributed by atoms with Crippen molar-refractivity contribution in [3.8, 4) is 0 Å². The number of nitrogens with zero attached hydrogens (tertiary/aromatic N) is 1. The number of hydrogen-bond acceptors (Lipinski definition) is 4. The molecule has 4 heteroatoms. The summed E-state index contributed by atoms with van der Waals surface area (Å²) in [6.45, 7) is 3.19. The number of carbonyl (C=O) groups excluding carboxylic acids is 1. The Labute approximate surface area is 82.5 Å². The lowest BCUT2D eigenvalue weighted by Gasteiger charge is -2.19. The van der Waals surface area contributed by atoms with Gasteiger partial charge in [-0.05, 0) is 19.9 Å². The summed E-state index contributed by atoms with van der Waals surface area (Å²) >= 11 is 0. The van der Waals surface area contributed by atoms with E-state index in [-0.39, 0.29) is 0 Å². The molecule has 0 saturated heterocycles. The maximum atomic E-state index is 11.3. The van der Waals surface area contributed by atoms with Gasteiger partial charge < -0.3 is 9.84 Å². The average molecular weight is 195 g/mol. The van der Waals surface area contributed by atoms with E-state index < -0.39 is 11.6 Å². The molecule has 0 saturated carbocycles. The molecule has 0 fully saturated rings. The molecular formula is C10H13NO3. The first-order valence-electron chi connectivity index (χ1n) is 4.22. The van der Waals surface area contributed by atoms with E-state index in [1.165, 1.54) is 25.6 Å². The van der Waals surface area contributed by atoms with Crippen molar-refractivity contribution in [1.82, 2.24) is 4.98 Å². The van der Waals surface area contributed by atoms with Crippen LogP contribution in [0.3, 0.4) is 0 Å². The highest BCUT2D eigenvalue weighted by molar-refractivity contribution is 5.91. The number of methoxy groups -OCH3 is 1. The number of aromatic nitrogens is 1. The van der Waals surface area contributed by atoms with Crippen molar-refractivity contribution in [3.05, 3.63) is 29.6 Å². The number of rotatable bonds is 2. The summed E-state index contributed by atoms with van der Waals surface area (Å²) < 4.78 is 4.59. The Bertz CT molecular complexity index is 341. The molecule has 0 atom stereocenters. The first-order valence-corrected chi connectivity index (χ1v) is 4.22. The second-order valence-corrected chi connectivity index (χ2v) is 3.47. The highest BCUT2D eigenvalue weighted by atomic mass is 16.5. The van der Waals surface area contributed by atoms with E-state index in [4.69, 9.17) is 0 Å². The van der Waals surface area contributed by atoms with Crippen molar-refractivity contribution in [2.75, 3.05) is 7.11 Å². The molecule has 1 heterocycles. The van der Waals surface area contributed by atoms with Gasteiger partial charge in [0, 0.05) is 18.0 Å². The number of ether oxygens (including phenoxy) is 1. The molecule has 1 N–H and O–H groups in total. The van der Waals surface area contributed by atoms with Gasteiger partial charge in [-0.1, -0.05) is 0 Å². The van der Waals surface area contributed by atoms with Gasteiger partial charge in [-0.25, -0.2) is 4.79 Å². The zero-order valence-electron chi connectivity index (χ0n) is 8.44. The Morgan fingerprint density at radius 3 is 2.71 bits per heavy atom. The van der Waals surface area contributed by atoms with Gasteiger partial charge in [-0.15, -0.1) is 0 Å². The highest BCUT2D eigenvalue weighted by Crippen LogP contribution is 2.22. The van der Waals surface area contributed by atoms with E-state index in [0.717, 1.165) is 0 Å². The summed E-state index contributed by atoms with van der Waals surface area (Å²) in [4.78, 5) is 15.2. The molecule has 76 valence electrons.